The summed E-state index contributed by atoms with van der Waals surface area (Å²) >= 11 is 0. The van der Waals surface area contributed by atoms with E-state index in [2.05, 4.69) is 10.9 Å². The third kappa shape index (κ3) is 2.31. The maximum Gasteiger partial charge on any atom is 0.128 e. The molecule has 0 aliphatic rings. The SMILES string of the molecule is C#CCn1c(C)nc(C(C)COC)c1N. The van der Waals surface area contributed by atoms with E-state index in [9.17, 15) is 0 Å². The van der Waals surface area contributed by atoms with Gasteiger partial charge in [-0.15, -0.1) is 6.42 Å². The van der Waals surface area contributed by atoms with Crippen molar-refractivity contribution in [1.82, 2.24) is 9.55 Å². The van der Waals surface area contributed by atoms with Gasteiger partial charge in [0.1, 0.15) is 11.6 Å². The quantitative estimate of drug-likeness (QED) is 0.754. The Labute approximate surface area is 90.4 Å². The zero-order chi connectivity index (χ0) is 11.4. The van der Waals surface area contributed by atoms with Crippen molar-refractivity contribution in [2.24, 2.45) is 0 Å². The number of nitrogens with two attached hydrogens (primary N) is 1. The summed E-state index contributed by atoms with van der Waals surface area (Å²) in [6, 6.07) is 0. The standard InChI is InChI=1S/C11H17N3O/c1-5-6-14-9(3)13-10(11(14)12)8(2)7-15-4/h1,8H,6-7,12H2,2-4H3. The lowest BCUT2D eigenvalue weighted by Gasteiger charge is -2.08. The van der Waals surface area contributed by atoms with Gasteiger partial charge in [-0.1, -0.05) is 12.8 Å². The van der Waals surface area contributed by atoms with Crippen LogP contribution in [-0.2, 0) is 11.3 Å². The summed E-state index contributed by atoms with van der Waals surface area (Å²) in [6.45, 7) is 5.00. The number of imidazole rings is 1. The third-order valence-corrected chi connectivity index (χ3v) is 2.36. The molecular formula is C11H17N3O. The normalized spacial score (nSPS) is 12.4. The van der Waals surface area contributed by atoms with Gasteiger partial charge in [-0.2, -0.15) is 0 Å². The second-order valence-corrected chi connectivity index (χ2v) is 3.58. The molecule has 1 heterocycles. The number of hydrogen-bond acceptors (Lipinski definition) is 3. The predicted octanol–water partition coefficient (Wildman–Crippen LogP) is 1.16. The smallest absolute Gasteiger partial charge is 0.128 e. The summed E-state index contributed by atoms with van der Waals surface area (Å²) in [7, 11) is 1.66. The highest BCUT2D eigenvalue weighted by atomic mass is 16.5. The van der Waals surface area contributed by atoms with Crippen LogP contribution in [0.25, 0.3) is 0 Å². The Kier molecular flexibility index (Phi) is 3.75. The van der Waals surface area contributed by atoms with Crippen LogP contribution in [-0.4, -0.2) is 23.3 Å². The monoisotopic (exact) mass is 207 g/mol. The molecule has 0 fully saturated rings. The van der Waals surface area contributed by atoms with E-state index >= 15 is 0 Å². The number of aryl methyl sites for hydroxylation is 1. The topological polar surface area (TPSA) is 53.1 Å². The summed E-state index contributed by atoms with van der Waals surface area (Å²) in [6.07, 6.45) is 5.26. The summed E-state index contributed by atoms with van der Waals surface area (Å²) in [4.78, 5) is 4.41. The molecule has 0 spiro atoms. The molecule has 82 valence electrons. The van der Waals surface area contributed by atoms with E-state index in [-0.39, 0.29) is 5.92 Å². The molecule has 2 N–H and O–H groups in total. The molecule has 0 amide bonds. The zero-order valence-corrected chi connectivity index (χ0v) is 9.45. The second-order valence-electron chi connectivity index (χ2n) is 3.58. The Hall–Kier alpha value is -1.47. The van der Waals surface area contributed by atoms with Crippen LogP contribution < -0.4 is 5.73 Å². The van der Waals surface area contributed by atoms with Gasteiger partial charge in [0.05, 0.1) is 18.8 Å². The molecule has 1 rings (SSSR count). The van der Waals surface area contributed by atoms with Gasteiger partial charge in [-0.25, -0.2) is 4.98 Å². The van der Waals surface area contributed by atoms with Crippen molar-refractivity contribution in [3.05, 3.63) is 11.5 Å². The first-order valence-electron chi connectivity index (χ1n) is 4.86. The molecule has 1 aromatic rings. The molecule has 0 aromatic carbocycles. The number of hydrogen-bond donors (Lipinski definition) is 1. The molecule has 0 radical (unpaired) electrons. The van der Waals surface area contributed by atoms with Gasteiger partial charge in [0.25, 0.3) is 0 Å². The van der Waals surface area contributed by atoms with Gasteiger partial charge in [-0.05, 0) is 6.92 Å². The molecule has 0 aliphatic carbocycles. The third-order valence-electron chi connectivity index (χ3n) is 2.36. The van der Waals surface area contributed by atoms with E-state index in [0.29, 0.717) is 19.0 Å². The van der Waals surface area contributed by atoms with Crippen LogP contribution in [0.3, 0.4) is 0 Å². The van der Waals surface area contributed by atoms with Crippen LogP contribution in [0, 0.1) is 19.3 Å². The van der Waals surface area contributed by atoms with Crippen molar-refractivity contribution in [1.29, 1.82) is 0 Å². The van der Waals surface area contributed by atoms with Gasteiger partial charge >= 0.3 is 0 Å². The fourth-order valence-corrected chi connectivity index (χ4v) is 1.59. The van der Waals surface area contributed by atoms with E-state index in [4.69, 9.17) is 16.9 Å². The molecule has 0 saturated heterocycles. The van der Waals surface area contributed by atoms with Crippen LogP contribution in [0.2, 0.25) is 0 Å². The van der Waals surface area contributed by atoms with Crippen molar-refractivity contribution in [2.75, 3.05) is 19.5 Å². The Bertz CT molecular complexity index is 376. The Morgan fingerprint density at radius 2 is 2.33 bits per heavy atom. The van der Waals surface area contributed by atoms with E-state index in [0.717, 1.165) is 11.5 Å². The predicted molar refractivity (Wildman–Crippen MR) is 60.5 cm³/mol. The maximum absolute atomic E-state index is 5.97. The van der Waals surface area contributed by atoms with E-state index in [1.54, 1.807) is 7.11 Å². The van der Waals surface area contributed by atoms with Crippen LogP contribution in [0.5, 0.6) is 0 Å². The molecule has 1 atom stereocenters. The van der Waals surface area contributed by atoms with Crippen LogP contribution in [0.4, 0.5) is 5.82 Å². The molecule has 0 saturated carbocycles. The van der Waals surface area contributed by atoms with Crippen LogP contribution in [0.15, 0.2) is 0 Å². The number of rotatable bonds is 4. The van der Waals surface area contributed by atoms with Crippen molar-refractivity contribution in [3.8, 4) is 12.3 Å². The molecule has 15 heavy (non-hydrogen) atoms. The summed E-state index contributed by atoms with van der Waals surface area (Å²) in [5, 5.41) is 0. The van der Waals surface area contributed by atoms with Crippen molar-refractivity contribution in [2.45, 2.75) is 26.3 Å². The van der Waals surface area contributed by atoms with Crippen molar-refractivity contribution < 1.29 is 4.74 Å². The van der Waals surface area contributed by atoms with Crippen LogP contribution >= 0.6 is 0 Å². The molecule has 4 nitrogen and oxygen atoms in total. The highest BCUT2D eigenvalue weighted by Gasteiger charge is 2.16. The van der Waals surface area contributed by atoms with E-state index in [1.807, 2.05) is 18.4 Å². The average Bonchev–Trinajstić information content (AvgIpc) is 2.47. The Balaban J connectivity index is 3.01. The first kappa shape index (κ1) is 11.6. The molecular weight excluding hydrogens is 190 g/mol. The first-order chi connectivity index (χ1) is 7.11. The van der Waals surface area contributed by atoms with Gasteiger partial charge in [-0.3, -0.25) is 0 Å². The molecule has 0 aliphatic heterocycles. The largest absolute Gasteiger partial charge is 0.384 e. The second kappa shape index (κ2) is 4.85. The lowest BCUT2D eigenvalue weighted by molar-refractivity contribution is 0.183. The number of methoxy groups -OCH3 is 1. The highest BCUT2D eigenvalue weighted by molar-refractivity contribution is 5.40. The van der Waals surface area contributed by atoms with Gasteiger partial charge in [0, 0.05) is 13.0 Å². The Morgan fingerprint density at radius 3 is 2.87 bits per heavy atom. The molecule has 1 aromatic heterocycles. The minimum Gasteiger partial charge on any atom is -0.384 e. The summed E-state index contributed by atoms with van der Waals surface area (Å²) in [5.74, 6) is 4.25. The Morgan fingerprint density at radius 1 is 1.67 bits per heavy atom. The number of anilines is 1. The number of nitrogens with zero attached hydrogens (tertiary/aromatic N) is 2. The van der Waals surface area contributed by atoms with E-state index in [1.165, 1.54) is 0 Å². The average molecular weight is 207 g/mol. The van der Waals surface area contributed by atoms with Crippen LogP contribution in [0.1, 0.15) is 24.4 Å². The minimum absolute atomic E-state index is 0.188. The number of nitrogen functional groups attached to an aromatic ring is 1. The fraction of sp³-hybridized carbons (Fsp3) is 0.545. The molecule has 4 heteroatoms. The lowest BCUT2D eigenvalue weighted by atomic mass is 10.1. The number of aromatic nitrogens is 2. The zero-order valence-electron chi connectivity index (χ0n) is 9.45. The van der Waals surface area contributed by atoms with Crippen molar-refractivity contribution >= 4 is 5.82 Å². The molecule has 0 bridgehead atoms. The lowest BCUT2D eigenvalue weighted by Crippen LogP contribution is -2.08. The summed E-state index contributed by atoms with van der Waals surface area (Å²) in [5.41, 5.74) is 6.84. The maximum atomic E-state index is 5.97. The minimum atomic E-state index is 0.188. The first-order valence-corrected chi connectivity index (χ1v) is 4.86. The van der Waals surface area contributed by atoms with Gasteiger partial charge in [0.2, 0.25) is 0 Å². The van der Waals surface area contributed by atoms with Gasteiger partial charge < -0.3 is 15.0 Å². The van der Waals surface area contributed by atoms with Gasteiger partial charge in [0.15, 0.2) is 0 Å². The van der Waals surface area contributed by atoms with Crippen molar-refractivity contribution in [3.63, 3.8) is 0 Å². The molecule has 1 unspecified atom stereocenters. The highest BCUT2D eigenvalue weighted by Crippen LogP contribution is 2.22. The summed E-state index contributed by atoms with van der Waals surface area (Å²) < 4.78 is 6.91. The number of ether oxygens (including phenoxy) is 1. The van der Waals surface area contributed by atoms with E-state index < -0.39 is 0 Å². The fourth-order valence-electron chi connectivity index (χ4n) is 1.59. The number of terminal acetylenes is 1.